The maximum absolute atomic E-state index is 10.8. The molecular formula is C9H10BrClN2O2. The number of anilines is 1. The second-order valence-corrected chi connectivity index (χ2v) is 4.09. The van der Waals surface area contributed by atoms with Crippen LogP contribution in [0.3, 0.4) is 0 Å². The van der Waals surface area contributed by atoms with Gasteiger partial charge in [0.25, 0.3) is 0 Å². The van der Waals surface area contributed by atoms with Gasteiger partial charge in [0.15, 0.2) is 0 Å². The van der Waals surface area contributed by atoms with E-state index in [0.29, 0.717) is 10.2 Å². The van der Waals surface area contributed by atoms with E-state index < -0.39 is 4.92 Å². The number of nitrogens with one attached hydrogen (secondary N) is 1. The predicted molar refractivity (Wildman–Crippen MR) is 64.7 cm³/mol. The molecule has 0 unspecified atom stereocenters. The zero-order chi connectivity index (χ0) is 11.6. The van der Waals surface area contributed by atoms with Gasteiger partial charge in [-0.15, -0.1) is 0 Å². The van der Waals surface area contributed by atoms with Crippen molar-refractivity contribution in [3.8, 4) is 0 Å². The summed E-state index contributed by atoms with van der Waals surface area (Å²) < 4.78 is 0.595. The topological polar surface area (TPSA) is 55.2 Å². The molecule has 0 aliphatic heterocycles. The van der Waals surface area contributed by atoms with Crippen LogP contribution in [0.1, 0.15) is 12.5 Å². The molecule has 0 aromatic heterocycles. The SMILES string of the molecule is CCc1cc(NC)c([N+](=O)[O-])c(Cl)c1Br. The fourth-order valence-electron chi connectivity index (χ4n) is 1.30. The molecule has 1 aromatic carbocycles. The third-order valence-electron chi connectivity index (χ3n) is 2.09. The molecule has 0 fully saturated rings. The molecule has 0 spiro atoms. The number of halogens is 2. The summed E-state index contributed by atoms with van der Waals surface area (Å²) in [4.78, 5) is 10.3. The zero-order valence-electron chi connectivity index (χ0n) is 8.30. The molecule has 4 nitrogen and oxygen atoms in total. The number of benzene rings is 1. The van der Waals surface area contributed by atoms with Crippen molar-refractivity contribution in [1.82, 2.24) is 0 Å². The van der Waals surface area contributed by atoms with Gasteiger partial charge < -0.3 is 5.32 Å². The number of aryl methyl sites for hydroxylation is 1. The maximum atomic E-state index is 10.8. The summed E-state index contributed by atoms with van der Waals surface area (Å²) >= 11 is 9.19. The third kappa shape index (κ3) is 2.23. The van der Waals surface area contributed by atoms with E-state index in [2.05, 4.69) is 21.2 Å². The van der Waals surface area contributed by atoms with Crippen molar-refractivity contribution in [1.29, 1.82) is 0 Å². The quantitative estimate of drug-likeness (QED) is 0.684. The first-order chi connectivity index (χ1) is 7.02. The van der Waals surface area contributed by atoms with Gasteiger partial charge in [0.2, 0.25) is 0 Å². The maximum Gasteiger partial charge on any atom is 0.311 e. The van der Waals surface area contributed by atoms with Gasteiger partial charge in [0, 0.05) is 11.5 Å². The molecule has 0 aliphatic carbocycles. The van der Waals surface area contributed by atoms with E-state index in [1.54, 1.807) is 13.1 Å². The summed E-state index contributed by atoms with van der Waals surface area (Å²) in [6, 6.07) is 1.73. The summed E-state index contributed by atoms with van der Waals surface area (Å²) in [6.07, 6.45) is 0.757. The van der Waals surface area contributed by atoms with Crippen molar-refractivity contribution in [2.24, 2.45) is 0 Å². The van der Waals surface area contributed by atoms with E-state index in [4.69, 9.17) is 11.6 Å². The summed E-state index contributed by atoms with van der Waals surface area (Å²) in [5.41, 5.74) is 1.28. The van der Waals surface area contributed by atoms with Crippen LogP contribution in [0.25, 0.3) is 0 Å². The average molecular weight is 294 g/mol. The second kappa shape index (κ2) is 4.81. The van der Waals surface area contributed by atoms with Gasteiger partial charge in [-0.25, -0.2) is 0 Å². The van der Waals surface area contributed by atoms with Gasteiger partial charge in [-0.3, -0.25) is 10.1 Å². The number of nitro groups is 1. The molecule has 0 amide bonds. The van der Waals surface area contributed by atoms with Crippen LogP contribution in [0.15, 0.2) is 10.5 Å². The molecule has 0 radical (unpaired) electrons. The number of hydrogen-bond donors (Lipinski definition) is 1. The lowest BCUT2D eigenvalue weighted by molar-refractivity contribution is -0.383. The Hall–Kier alpha value is -0.810. The van der Waals surface area contributed by atoms with Crippen LogP contribution >= 0.6 is 27.5 Å². The Morgan fingerprint density at radius 2 is 2.27 bits per heavy atom. The van der Waals surface area contributed by atoms with Crippen LogP contribution in [0.4, 0.5) is 11.4 Å². The molecule has 0 heterocycles. The minimum absolute atomic E-state index is 0.0942. The fourth-order valence-corrected chi connectivity index (χ4v) is 2.17. The number of nitrogens with zero attached hydrogens (tertiary/aromatic N) is 1. The van der Waals surface area contributed by atoms with Crippen LogP contribution in [0.2, 0.25) is 5.02 Å². The molecule has 0 bridgehead atoms. The molecule has 6 heteroatoms. The highest BCUT2D eigenvalue weighted by atomic mass is 79.9. The highest BCUT2D eigenvalue weighted by Crippen LogP contribution is 2.40. The standard InChI is InChI=1S/C9H10BrClN2O2/c1-3-5-4-6(12-2)9(13(14)15)8(11)7(5)10/h4,12H,3H2,1-2H3. The minimum Gasteiger partial charge on any atom is -0.383 e. The Kier molecular flexibility index (Phi) is 3.93. The van der Waals surface area contributed by atoms with E-state index >= 15 is 0 Å². The molecule has 82 valence electrons. The first kappa shape index (κ1) is 12.3. The Morgan fingerprint density at radius 3 is 2.67 bits per heavy atom. The zero-order valence-corrected chi connectivity index (χ0v) is 10.6. The lowest BCUT2D eigenvalue weighted by atomic mass is 10.1. The highest BCUT2D eigenvalue weighted by molar-refractivity contribution is 9.10. The van der Waals surface area contributed by atoms with E-state index in [-0.39, 0.29) is 10.7 Å². The molecule has 0 saturated heterocycles. The highest BCUT2D eigenvalue weighted by Gasteiger charge is 2.22. The van der Waals surface area contributed by atoms with E-state index in [1.807, 2.05) is 6.92 Å². The van der Waals surface area contributed by atoms with Gasteiger partial charge in [0.05, 0.1) is 4.92 Å². The van der Waals surface area contributed by atoms with Crippen LogP contribution in [0, 0.1) is 10.1 Å². The number of nitro benzene ring substituents is 1. The van der Waals surface area contributed by atoms with Crippen molar-refractivity contribution in [3.05, 3.63) is 31.2 Å². The normalized spacial score (nSPS) is 10.1. The van der Waals surface area contributed by atoms with Gasteiger partial charge in [0.1, 0.15) is 10.7 Å². The molecule has 0 aliphatic rings. The first-order valence-electron chi connectivity index (χ1n) is 4.35. The van der Waals surface area contributed by atoms with E-state index in [0.717, 1.165) is 12.0 Å². The smallest absolute Gasteiger partial charge is 0.311 e. The van der Waals surface area contributed by atoms with Gasteiger partial charge in [-0.05, 0) is 34.0 Å². The third-order valence-corrected chi connectivity index (χ3v) is 3.59. The van der Waals surface area contributed by atoms with Crippen LogP contribution in [0.5, 0.6) is 0 Å². The van der Waals surface area contributed by atoms with Gasteiger partial charge in [-0.1, -0.05) is 18.5 Å². The molecule has 1 aromatic rings. The average Bonchev–Trinajstić information content (AvgIpc) is 2.20. The van der Waals surface area contributed by atoms with Crippen molar-refractivity contribution < 1.29 is 4.92 Å². The molecular weight excluding hydrogens is 283 g/mol. The lowest BCUT2D eigenvalue weighted by Gasteiger charge is -2.09. The Balaban J connectivity index is 3.51. The van der Waals surface area contributed by atoms with Crippen LogP contribution in [-0.2, 0) is 6.42 Å². The molecule has 15 heavy (non-hydrogen) atoms. The molecule has 0 saturated carbocycles. The van der Waals surface area contributed by atoms with Crippen LogP contribution in [-0.4, -0.2) is 12.0 Å². The summed E-state index contributed by atoms with van der Waals surface area (Å²) in [5.74, 6) is 0. The van der Waals surface area contributed by atoms with Crippen molar-refractivity contribution >= 4 is 38.9 Å². The van der Waals surface area contributed by atoms with Crippen molar-refractivity contribution in [3.63, 3.8) is 0 Å². The van der Waals surface area contributed by atoms with E-state index in [1.165, 1.54) is 0 Å². The van der Waals surface area contributed by atoms with Gasteiger partial charge >= 0.3 is 5.69 Å². The molecule has 1 N–H and O–H groups in total. The molecule has 1 rings (SSSR count). The number of hydrogen-bond acceptors (Lipinski definition) is 3. The second-order valence-electron chi connectivity index (χ2n) is 2.92. The minimum atomic E-state index is -0.488. The predicted octanol–water partition coefficient (Wildman–Crippen LogP) is 3.61. The number of rotatable bonds is 3. The van der Waals surface area contributed by atoms with Crippen molar-refractivity contribution in [2.75, 3.05) is 12.4 Å². The van der Waals surface area contributed by atoms with Gasteiger partial charge in [-0.2, -0.15) is 0 Å². The largest absolute Gasteiger partial charge is 0.383 e. The van der Waals surface area contributed by atoms with Crippen LogP contribution < -0.4 is 5.32 Å². The summed E-state index contributed by atoms with van der Waals surface area (Å²) in [5, 5.41) is 13.7. The monoisotopic (exact) mass is 292 g/mol. The summed E-state index contributed by atoms with van der Waals surface area (Å²) in [7, 11) is 1.63. The fraction of sp³-hybridized carbons (Fsp3) is 0.333. The Labute approximate surface area is 101 Å². The first-order valence-corrected chi connectivity index (χ1v) is 5.53. The van der Waals surface area contributed by atoms with E-state index in [9.17, 15) is 10.1 Å². The lowest BCUT2D eigenvalue weighted by Crippen LogP contribution is -2.00. The van der Waals surface area contributed by atoms with Crippen molar-refractivity contribution in [2.45, 2.75) is 13.3 Å². The Morgan fingerprint density at radius 1 is 1.67 bits per heavy atom. The Bertz CT molecular complexity index is 410. The molecule has 0 atom stereocenters. The summed E-state index contributed by atoms with van der Waals surface area (Å²) in [6.45, 7) is 1.96.